The van der Waals surface area contributed by atoms with E-state index in [1.807, 2.05) is 18.2 Å². The van der Waals surface area contributed by atoms with Crippen LogP contribution in [0.4, 0.5) is 5.69 Å². The number of amides is 1. The quantitative estimate of drug-likeness (QED) is 0.356. The number of aryl methyl sites for hydroxylation is 1. The summed E-state index contributed by atoms with van der Waals surface area (Å²) in [5.74, 6) is 0.595. The van der Waals surface area contributed by atoms with Gasteiger partial charge in [0.1, 0.15) is 5.75 Å². The third-order valence-corrected chi connectivity index (χ3v) is 5.61. The number of halogens is 2. The van der Waals surface area contributed by atoms with Gasteiger partial charge in [-0.2, -0.15) is 0 Å². The lowest BCUT2D eigenvalue weighted by Gasteiger charge is -2.21. The lowest BCUT2D eigenvalue weighted by molar-refractivity contribution is -0.111. The molecule has 0 fully saturated rings. The molecular weight excluding hydrogens is 431 g/mol. The number of ether oxygens (including phenoxy) is 1. The fourth-order valence-electron chi connectivity index (χ4n) is 3.53. The van der Waals surface area contributed by atoms with E-state index in [-0.39, 0.29) is 5.91 Å². The zero-order valence-corrected chi connectivity index (χ0v) is 20.1. The summed E-state index contributed by atoms with van der Waals surface area (Å²) in [7, 11) is 1.67. The number of hydrogen-bond acceptors (Lipinski definition) is 3. The summed E-state index contributed by atoms with van der Waals surface area (Å²) in [6, 6.07) is 11.0. The highest BCUT2D eigenvalue weighted by atomic mass is 35.5. The summed E-state index contributed by atoms with van der Waals surface area (Å²) in [6.07, 6.45) is 7.32. The van der Waals surface area contributed by atoms with Crippen molar-refractivity contribution in [1.82, 2.24) is 4.90 Å². The van der Waals surface area contributed by atoms with Gasteiger partial charge in [0, 0.05) is 27.4 Å². The van der Waals surface area contributed by atoms with E-state index in [0.29, 0.717) is 15.6 Å². The average molecular weight is 463 g/mol. The molecule has 0 radical (unpaired) electrons. The smallest absolute Gasteiger partial charge is 0.248 e. The molecule has 2 aromatic rings. The second kappa shape index (κ2) is 13.4. The minimum Gasteiger partial charge on any atom is -0.496 e. The van der Waals surface area contributed by atoms with Crippen molar-refractivity contribution in [2.45, 2.75) is 39.5 Å². The van der Waals surface area contributed by atoms with E-state index in [1.54, 1.807) is 31.4 Å². The van der Waals surface area contributed by atoms with Gasteiger partial charge in [0.15, 0.2) is 0 Å². The number of nitrogens with one attached hydrogen (secondary N) is 1. The lowest BCUT2D eigenvalue weighted by atomic mass is 10.1. The van der Waals surface area contributed by atoms with Gasteiger partial charge in [0.2, 0.25) is 5.91 Å². The van der Waals surface area contributed by atoms with Gasteiger partial charge in [-0.05, 0) is 87.3 Å². The predicted octanol–water partition coefficient (Wildman–Crippen LogP) is 6.71. The number of carbonyl (C=O) groups is 1. The van der Waals surface area contributed by atoms with E-state index in [9.17, 15) is 4.79 Å². The number of benzene rings is 2. The molecule has 1 N–H and O–H groups in total. The SMILES string of the molecule is CCCN(CCC)CCCc1cc(NC(=O)C=Cc2c(Cl)cccc2Cl)ccc1OC. The third-order valence-electron chi connectivity index (χ3n) is 4.95. The molecule has 2 aromatic carbocycles. The first-order valence-electron chi connectivity index (χ1n) is 10.8. The first kappa shape index (κ1) is 25.3. The van der Waals surface area contributed by atoms with E-state index < -0.39 is 0 Å². The Hall–Kier alpha value is -2.01. The van der Waals surface area contributed by atoms with Gasteiger partial charge in [-0.15, -0.1) is 0 Å². The minimum absolute atomic E-state index is 0.246. The number of hydrogen-bond donors (Lipinski definition) is 1. The minimum atomic E-state index is -0.246. The van der Waals surface area contributed by atoms with E-state index in [0.717, 1.165) is 62.3 Å². The molecule has 0 aliphatic carbocycles. The Morgan fingerprint density at radius 2 is 1.74 bits per heavy atom. The lowest BCUT2D eigenvalue weighted by Crippen LogP contribution is -2.26. The molecular formula is C25H32Cl2N2O2. The molecule has 0 bridgehead atoms. The molecule has 0 heterocycles. The molecule has 0 aromatic heterocycles. The summed E-state index contributed by atoms with van der Waals surface area (Å²) >= 11 is 12.3. The highest BCUT2D eigenvalue weighted by molar-refractivity contribution is 6.37. The number of carbonyl (C=O) groups excluding carboxylic acids is 1. The molecule has 31 heavy (non-hydrogen) atoms. The van der Waals surface area contributed by atoms with Crippen LogP contribution in [-0.2, 0) is 11.2 Å². The number of rotatable bonds is 12. The Bertz CT molecular complexity index is 858. The van der Waals surface area contributed by atoms with Gasteiger partial charge in [-0.1, -0.05) is 43.1 Å². The van der Waals surface area contributed by atoms with Crippen LogP contribution in [0.1, 0.15) is 44.2 Å². The van der Waals surface area contributed by atoms with Crippen molar-refractivity contribution >= 4 is 40.9 Å². The summed E-state index contributed by atoms with van der Waals surface area (Å²) in [5, 5.41) is 3.91. The average Bonchev–Trinajstić information content (AvgIpc) is 2.74. The molecule has 0 saturated heterocycles. The zero-order valence-electron chi connectivity index (χ0n) is 18.6. The first-order chi connectivity index (χ1) is 15.0. The highest BCUT2D eigenvalue weighted by Gasteiger charge is 2.09. The van der Waals surface area contributed by atoms with Gasteiger partial charge in [0.25, 0.3) is 0 Å². The fraction of sp³-hybridized carbons (Fsp3) is 0.400. The van der Waals surface area contributed by atoms with E-state index in [2.05, 4.69) is 24.1 Å². The van der Waals surface area contributed by atoms with Gasteiger partial charge in [-0.25, -0.2) is 0 Å². The van der Waals surface area contributed by atoms with Crippen molar-refractivity contribution in [3.63, 3.8) is 0 Å². The van der Waals surface area contributed by atoms with Crippen LogP contribution >= 0.6 is 23.2 Å². The molecule has 0 aliphatic heterocycles. The van der Waals surface area contributed by atoms with Crippen molar-refractivity contribution in [1.29, 1.82) is 0 Å². The fourth-order valence-corrected chi connectivity index (χ4v) is 4.05. The van der Waals surface area contributed by atoms with Crippen LogP contribution < -0.4 is 10.1 Å². The Kier molecular flexibility index (Phi) is 10.9. The molecule has 4 nitrogen and oxygen atoms in total. The van der Waals surface area contributed by atoms with Gasteiger partial charge < -0.3 is 15.0 Å². The van der Waals surface area contributed by atoms with Crippen molar-refractivity contribution in [2.75, 3.05) is 32.1 Å². The first-order valence-corrected chi connectivity index (χ1v) is 11.6. The Labute approximate surface area is 196 Å². The largest absolute Gasteiger partial charge is 0.496 e. The molecule has 0 saturated carbocycles. The Morgan fingerprint density at radius 3 is 2.35 bits per heavy atom. The zero-order chi connectivity index (χ0) is 22.6. The van der Waals surface area contributed by atoms with Crippen LogP contribution in [0.5, 0.6) is 5.75 Å². The van der Waals surface area contributed by atoms with E-state index >= 15 is 0 Å². The predicted molar refractivity (Wildman–Crippen MR) is 132 cm³/mol. The van der Waals surface area contributed by atoms with Gasteiger partial charge >= 0.3 is 0 Å². The monoisotopic (exact) mass is 462 g/mol. The molecule has 0 spiro atoms. The van der Waals surface area contributed by atoms with Crippen molar-refractivity contribution < 1.29 is 9.53 Å². The standard InChI is InChI=1S/C25H32Cl2N2O2/c1-4-15-29(16-5-2)17-7-8-19-18-20(11-13-24(19)31-3)28-25(30)14-12-21-22(26)9-6-10-23(21)27/h6,9-14,18H,4-5,7-8,15-17H2,1-3H3,(H,28,30). The Morgan fingerprint density at radius 1 is 1.06 bits per heavy atom. The summed E-state index contributed by atoms with van der Waals surface area (Å²) in [5.41, 5.74) is 2.45. The van der Waals surface area contributed by atoms with Crippen LogP contribution in [0.25, 0.3) is 6.08 Å². The maximum Gasteiger partial charge on any atom is 0.248 e. The molecule has 1 amide bonds. The third kappa shape index (κ3) is 8.21. The van der Waals surface area contributed by atoms with Crippen LogP contribution in [-0.4, -0.2) is 37.6 Å². The topological polar surface area (TPSA) is 41.6 Å². The van der Waals surface area contributed by atoms with Crippen molar-refractivity contribution in [3.8, 4) is 5.75 Å². The molecule has 168 valence electrons. The van der Waals surface area contributed by atoms with E-state index in [4.69, 9.17) is 27.9 Å². The van der Waals surface area contributed by atoms with Crippen LogP contribution in [0.15, 0.2) is 42.5 Å². The number of anilines is 1. The number of methoxy groups -OCH3 is 1. The van der Waals surface area contributed by atoms with Crippen LogP contribution in [0.2, 0.25) is 10.0 Å². The second-order valence-corrected chi connectivity index (χ2v) is 8.24. The maximum absolute atomic E-state index is 12.4. The highest BCUT2D eigenvalue weighted by Crippen LogP contribution is 2.26. The Balaban J connectivity index is 2.02. The van der Waals surface area contributed by atoms with Gasteiger partial charge in [-0.3, -0.25) is 4.79 Å². The van der Waals surface area contributed by atoms with Crippen molar-refractivity contribution in [3.05, 3.63) is 63.6 Å². The molecule has 6 heteroatoms. The maximum atomic E-state index is 12.4. The summed E-state index contributed by atoms with van der Waals surface area (Å²) in [4.78, 5) is 14.9. The number of nitrogens with zero attached hydrogens (tertiary/aromatic N) is 1. The summed E-state index contributed by atoms with van der Waals surface area (Å²) in [6.45, 7) is 7.74. The normalized spacial score (nSPS) is 11.3. The molecule has 0 unspecified atom stereocenters. The summed E-state index contributed by atoms with van der Waals surface area (Å²) < 4.78 is 5.52. The van der Waals surface area contributed by atoms with Crippen LogP contribution in [0, 0.1) is 0 Å². The van der Waals surface area contributed by atoms with E-state index in [1.165, 1.54) is 6.08 Å². The van der Waals surface area contributed by atoms with Crippen LogP contribution in [0.3, 0.4) is 0 Å². The van der Waals surface area contributed by atoms with Gasteiger partial charge in [0.05, 0.1) is 7.11 Å². The second-order valence-electron chi connectivity index (χ2n) is 7.43. The van der Waals surface area contributed by atoms with Crippen molar-refractivity contribution in [2.24, 2.45) is 0 Å². The molecule has 2 rings (SSSR count). The molecule has 0 aliphatic rings. The molecule has 0 atom stereocenters.